The fraction of sp³-hybridized carbons (Fsp3) is 0.571. The maximum Gasteiger partial charge on any atom is 0.0573 e. The smallest absolute Gasteiger partial charge is 0.0573 e. The highest BCUT2D eigenvalue weighted by Gasteiger charge is 2.21. The van der Waals surface area contributed by atoms with Crippen molar-refractivity contribution in [2.45, 2.75) is 55.7 Å². The van der Waals surface area contributed by atoms with E-state index in [1.165, 1.54) is 24.0 Å². The quantitative estimate of drug-likeness (QED) is 0.893. The fourth-order valence-corrected chi connectivity index (χ4v) is 3.78. The topological polar surface area (TPSA) is 43.1 Å². The van der Waals surface area contributed by atoms with Crippen molar-refractivity contribution in [2.24, 2.45) is 5.73 Å². The second-order valence-corrected chi connectivity index (χ2v) is 6.67. The highest BCUT2D eigenvalue weighted by molar-refractivity contribution is 7.85. The first kappa shape index (κ1) is 12.8. The van der Waals surface area contributed by atoms with Crippen molar-refractivity contribution in [2.75, 3.05) is 0 Å². The van der Waals surface area contributed by atoms with Crippen LogP contribution >= 0.6 is 0 Å². The van der Waals surface area contributed by atoms with E-state index in [-0.39, 0.29) is 11.3 Å². The number of benzene rings is 1. The van der Waals surface area contributed by atoms with Crippen LogP contribution in [0.1, 0.15) is 37.8 Å². The average Bonchev–Trinajstić information content (AvgIpc) is 2.83. The van der Waals surface area contributed by atoms with Crippen molar-refractivity contribution >= 4 is 10.8 Å². The second-order valence-electron chi connectivity index (χ2n) is 4.86. The first-order valence-electron chi connectivity index (χ1n) is 6.41. The Morgan fingerprint density at radius 3 is 2.76 bits per heavy atom. The number of hydrogen-bond donors (Lipinski definition) is 1. The average molecular weight is 251 g/mol. The Hall–Kier alpha value is -0.670. The lowest BCUT2D eigenvalue weighted by atomic mass is 10.1. The molecule has 2 rings (SSSR count). The maximum absolute atomic E-state index is 12.4. The minimum Gasteiger partial charge on any atom is -0.327 e. The van der Waals surface area contributed by atoms with E-state index in [0.29, 0.717) is 0 Å². The van der Waals surface area contributed by atoms with Crippen LogP contribution in [0.5, 0.6) is 0 Å². The first-order valence-corrected chi connectivity index (χ1v) is 7.62. The summed E-state index contributed by atoms with van der Waals surface area (Å²) in [7, 11) is -0.976. The Labute approximate surface area is 106 Å². The van der Waals surface area contributed by atoms with Gasteiger partial charge in [0.2, 0.25) is 0 Å². The minimum atomic E-state index is -0.976. The zero-order valence-corrected chi connectivity index (χ0v) is 11.4. The van der Waals surface area contributed by atoms with Crippen molar-refractivity contribution in [1.29, 1.82) is 0 Å². The van der Waals surface area contributed by atoms with Gasteiger partial charge in [0.05, 0.1) is 16.0 Å². The van der Waals surface area contributed by atoms with Crippen molar-refractivity contribution in [3.8, 4) is 0 Å². The van der Waals surface area contributed by atoms with Gasteiger partial charge in [-0.1, -0.05) is 13.0 Å². The molecule has 0 radical (unpaired) electrons. The zero-order chi connectivity index (χ0) is 12.4. The Balaban J connectivity index is 2.20. The van der Waals surface area contributed by atoms with Crippen LogP contribution in [0.2, 0.25) is 0 Å². The molecule has 0 aromatic heterocycles. The molecular weight excluding hydrogens is 230 g/mol. The lowest BCUT2D eigenvalue weighted by molar-refractivity contribution is 0.610. The highest BCUT2D eigenvalue weighted by atomic mass is 32.2. The molecule has 0 fully saturated rings. The molecule has 1 aliphatic carbocycles. The van der Waals surface area contributed by atoms with Crippen molar-refractivity contribution in [1.82, 2.24) is 0 Å². The number of fused-ring (bicyclic) bond motifs is 1. The second kappa shape index (κ2) is 5.32. The predicted molar refractivity (Wildman–Crippen MR) is 72.6 cm³/mol. The molecule has 0 amide bonds. The molecule has 0 bridgehead atoms. The van der Waals surface area contributed by atoms with Gasteiger partial charge in [0, 0.05) is 10.9 Å². The fourth-order valence-electron chi connectivity index (χ4n) is 2.38. The Morgan fingerprint density at radius 2 is 2.06 bits per heavy atom. The molecule has 17 heavy (non-hydrogen) atoms. The van der Waals surface area contributed by atoms with Crippen LogP contribution in [-0.2, 0) is 23.6 Å². The van der Waals surface area contributed by atoms with Crippen LogP contribution in [0.15, 0.2) is 23.1 Å². The maximum atomic E-state index is 12.4. The summed E-state index contributed by atoms with van der Waals surface area (Å²) < 4.78 is 12.4. The van der Waals surface area contributed by atoms with Gasteiger partial charge in [-0.3, -0.25) is 4.21 Å². The summed E-state index contributed by atoms with van der Waals surface area (Å²) in [6.45, 7) is 4.03. The van der Waals surface area contributed by atoms with Crippen LogP contribution < -0.4 is 5.73 Å². The molecule has 0 saturated heterocycles. The number of aryl methyl sites for hydroxylation is 2. The van der Waals surface area contributed by atoms with E-state index >= 15 is 0 Å². The Kier molecular flexibility index (Phi) is 4.00. The van der Waals surface area contributed by atoms with Gasteiger partial charge >= 0.3 is 0 Å². The molecule has 1 aromatic rings. The van der Waals surface area contributed by atoms with Gasteiger partial charge in [0.1, 0.15) is 0 Å². The van der Waals surface area contributed by atoms with Gasteiger partial charge < -0.3 is 5.73 Å². The molecule has 0 saturated carbocycles. The van der Waals surface area contributed by atoms with E-state index in [0.717, 1.165) is 17.7 Å². The first-order chi connectivity index (χ1) is 8.13. The zero-order valence-electron chi connectivity index (χ0n) is 10.6. The van der Waals surface area contributed by atoms with Gasteiger partial charge in [-0.15, -0.1) is 0 Å². The summed E-state index contributed by atoms with van der Waals surface area (Å²) >= 11 is 0. The molecule has 2 N–H and O–H groups in total. The predicted octanol–water partition coefficient (Wildman–Crippen LogP) is 2.41. The number of hydrogen-bond acceptors (Lipinski definition) is 2. The molecule has 1 aromatic carbocycles. The van der Waals surface area contributed by atoms with Crippen molar-refractivity contribution in [3.63, 3.8) is 0 Å². The molecular formula is C14H21NOS. The molecule has 94 valence electrons. The van der Waals surface area contributed by atoms with E-state index in [9.17, 15) is 4.21 Å². The third-order valence-electron chi connectivity index (χ3n) is 3.71. The minimum absolute atomic E-state index is 0.0177. The Bertz CT molecular complexity index is 430. The molecule has 0 heterocycles. The van der Waals surface area contributed by atoms with E-state index in [2.05, 4.69) is 12.1 Å². The SMILES string of the molecule is CCC(N)C(C)S(=O)c1ccc2c(c1)CCC2. The van der Waals surface area contributed by atoms with E-state index < -0.39 is 10.8 Å². The van der Waals surface area contributed by atoms with Crippen LogP contribution in [0.25, 0.3) is 0 Å². The molecule has 2 nitrogen and oxygen atoms in total. The largest absolute Gasteiger partial charge is 0.327 e. The van der Waals surface area contributed by atoms with Gasteiger partial charge in [-0.2, -0.15) is 0 Å². The van der Waals surface area contributed by atoms with Crippen LogP contribution in [0, 0.1) is 0 Å². The van der Waals surface area contributed by atoms with Crippen molar-refractivity contribution in [3.05, 3.63) is 29.3 Å². The molecule has 3 atom stereocenters. The highest BCUT2D eigenvalue weighted by Crippen LogP contribution is 2.25. The standard InChI is InChI=1S/C14H21NOS/c1-3-14(15)10(2)17(16)13-8-7-11-5-4-6-12(11)9-13/h7-10,14H,3-6,15H2,1-2H3. The molecule has 0 aliphatic heterocycles. The molecule has 3 heteroatoms. The van der Waals surface area contributed by atoms with Gasteiger partial charge in [-0.05, 0) is 55.9 Å². The van der Waals surface area contributed by atoms with E-state index in [1.807, 2.05) is 19.9 Å². The lowest BCUT2D eigenvalue weighted by Gasteiger charge is -2.18. The molecule has 0 spiro atoms. The summed E-state index contributed by atoms with van der Waals surface area (Å²) in [6.07, 6.45) is 4.41. The lowest BCUT2D eigenvalue weighted by Crippen LogP contribution is -2.34. The summed E-state index contributed by atoms with van der Waals surface area (Å²) in [5, 5.41) is 0.0273. The number of rotatable bonds is 4. The molecule has 3 unspecified atom stereocenters. The van der Waals surface area contributed by atoms with Crippen molar-refractivity contribution < 1.29 is 4.21 Å². The van der Waals surface area contributed by atoms with Gasteiger partial charge in [0.15, 0.2) is 0 Å². The van der Waals surface area contributed by atoms with Gasteiger partial charge in [-0.25, -0.2) is 0 Å². The third kappa shape index (κ3) is 2.61. The monoisotopic (exact) mass is 251 g/mol. The van der Waals surface area contributed by atoms with E-state index in [4.69, 9.17) is 5.73 Å². The summed E-state index contributed by atoms with van der Waals surface area (Å²) in [6, 6.07) is 6.29. The van der Waals surface area contributed by atoms with Crippen LogP contribution in [0.3, 0.4) is 0 Å². The summed E-state index contributed by atoms with van der Waals surface area (Å²) in [4.78, 5) is 0.946. The number of nitrogens with two attached hydrogens (primary N) is 1. The van der Waals surface area contributed by atoms with E-state index in [1.54, 1.807) is 0 Å². The molecule has 1 aliphatic rings. The normalized spacial score (nSPS) is 19.7. The van der Waals surface area contributed by atoms with Gasteiger partial charge in [0.25, 0.3) is 0 Å². The Morgan fingerprint density at radius 1 is 1.35 bits per heavy atom. The van der Waals surface area contributed by atoms with Crippen LogP contribution in [0.4, 0.5) is 0 Å². The van der Waals surface area contributed by atoms with Crippen LogP contribution in [-0.4, -0.2) is 15.5 Å². The third-order valence-corrected chi connectivity index (χ3v) is 5.46. The summed E-state index contributed by atoms with van der Waals surface area (Å²) in [5.41, 5.74) is 8.79. The summed E-state index contributed by atoms with van der Waals surface area (Å²) in [5.74, 6) is 0.